The van der Waals surface area contributed by atoms with Crippen LogP contribution in [0.1, 0.15) is 58.6 Å². The van der Waals surface area contributed by atoms with Crippen LogP contribution in [-0.4, -0.2) is 54.4 Å². The molecule has 2 aliphatic rings. The number of amides is 2. The average Bonchev–Trinajstić information content (AvgIpc) is 3.21. The molecule has 2 saturated heterocycles. The Bertz CT molecular complexity index is 840. The minimum Gasteiger partial charge on any atom is -0.359 e. The molecular formula is C19H29N3O5S. The third kappa shape index (κ3) is 4.92. The number of anilines is 1. The van der Waals surface area contributed by atoms with E-state index in [9.17, 15) is 18.0 Å². The van der Waals surface area contributed by atoms with E-state index in [1.165, 1.54) is 0 Å². The predicted octanol–water partition coefficient (Wildman–Crippen LogP) is 2.12. The Morgan fingerprint density at radius 1 is 1.29 bits per heavy atom. The van der Waals surface area contributed by atoms with Crippen molar-refractivity contribution in [2.75, 3.05) is 23.4 Å². The molecule has 0 saturated carbocycles. The van der Waals surface area contributed by atoms with Crippen LogP contribution >= 0.6 is 0 Å². The Labute approximate surface area is 165 Å². The molecule has 0 bridgehead atoms. The zero-order chi connectivity index (χ0) is 20.5. The zero-order valence-corrected chi connectivity index (χ0v) is 17.5. The second kappa shape index (κ2) is 7.85. The summed E-state index contributed by atoms with van der Waals surface area (Å²) in [5.74, 6) is 0.665. The lowest BCUT2D eigenvalue weighted by Crippen LogP contribution is -2.50. The van der Waals surface area contributed by atoms with Gasteiger partial charge in [0.15, 0.2) is 15.7 Å². The number of hydrogen-bond acceptors (Lipinski definition) is 6. The molecule has 9 heteroatoms. The fourth-order valence-corrected chi connectivity index (χ4v) is 5.66. The van der Waals surface area contributed by atoms with Gasteiger partial charge in [-0.1, -0.05) is 25.9 Å². The lowest BCUT2D eigenvalue weighted by Gasteiger charge is -2.35. The molecule has 1 aromatic heterocycles. The van der Waals surface area contributed by atoms with Gasteiger partial charge in [0.2, 0.25) is 11.8 Å². The number of carbonyl (C=O) groups is 2. The van der Waals surface area contributed by atoms with Gasteiger partial charge in [-0.2, -0.15) is 0 Å². The summed E-state index contributed by atoms with van der Waals surface area (Å²) >= 11 is 0. The van der Waals surface area contributed by atoms with Gasteiger partial charge in [0.25, 0.3) is 0 Å². The second-order valence-electron chi connectivity index (χ2n) is 8.89. The highest BCUT2D eigenvalue weighted by molar-refractivity contribution is 7.91. The van der Waals surface area contributed by atoms with Crippen LogP contribution in [0.15, 0.2) is 10.6 Å². The summed E-state index contributed by atoms with van der Waals surface area (Å²) in [6.45, 7) is 6.49. The molecule has 3 rings (SSSR count). The Kier molecular flexibility index (Phi) is 5.84. The average molecular weight is 412 g/mol. The number of nitrogens with zero attached hydrogens (tertiary/aromatic N) is 2. The van der Waals surface area contributed by atoms with E-state index in [-0.39, 0.29) is 41.1 Å². The quantitative estimate of drug-likeness (QED) is 0.813. The summed E-state index contributed by atoms with van der Waals surface area (Å²) in [5, 5.41) is 6.67. The molecule has 2 unspecified atom stereocenters. The number of aromatic nitrogens is 1. The fraction of sp³-hybridized carbons (Fsp3) is 0.737. The van der Waals surface area contributed by atoms with Gasteiger partial charge >= 0.3 is 0 Å². The SMILES string of the molecule is CC(C)(C)c1cc(NC(=O)C2CCCCN2C(=O)CC2CCS(=O)(=O)C2)no1. The van der Waals surface area contributed by atoms with Crippen LogP contribution in [0, 0.1) is 5.92 Å². The first-order valence-electron chi connectivity index (χ1n) is 9.83. The molecule has 3 heterocycles. The summed E-state index contributed by atoms with van der Waals surface area (Å²) in [6.07, 6.45) is 3.00. The number of piperidine rings is 1. The summed E-state index contributed by atoms with van der Waals surface area (Å²) in [7, 11) is -3.02. The standard InChI is InChI=1S/C19H29N3O5S/c1-19(2,3)15-11-16(21-27-15)20-18(24)14-6-4-5-8-22(14)17(23)10-13-7-9-28(25,26)12-13/h11,13-14H,4-10,12H2,1-3H3,(H,20,21,24). The number of sulfone groups is 1. The van der Waals surface area contributed by atoms with Crippen molar-refractivity contribution >= 4 is 27.5 Å². The summed E-state index contributed by atoms with van der Waals surface area (Å²) in [4.78, 5) is 27.2. The molecule has 2 atom stereocenters. The van der Waals surface area contributed by atoms with Crippen LogP contribution in [0.2, 0.25) is 0 Å². The maximum atomic E-state index is 12.8. The topological polar surface area (TPSA) is 110 Å². The number of rotatable bonds is 4. The van der Waals surface area contributed by atoms with Gasteiger partial charge in [-0.25, -0.2) is 8.42 Å². The van der Waals surface area contributed by atoms with Crippen LogP contribution in [0.25, 0.3) is 0 Å². The van der Waals surface area contributed by atoms with Crippen molar-refractivity contribution in [1.82, 2.24) is 10.1 Å². The van der Waals surface area contributed by atoms with E-state index < -0.39 is 15.9 Å². The maximum Gasteiger partial charge on any atom is 0.248 e. The van der Waals surface area contributed by atoms with Crippen molar-refractivity contribution in [1.29, 1.82) is 0 Å². The zero-order valence-electron chi connectivity index (χ0n) is 16.7. The Morgan fingerprint density at radius 3 is 2.64 bits per heavy atom. The Hall–Kier alpha value is -1.90. The maximum absolute atomic E-state index is 12.8. The van der Waals surface area contributed by atoms with Crippen LogP contribution in [0.3, 0.4) is 0 Å². The lowest BCUT2D eigenvalue weighted by molar-refractivity contribution is -0.141. The van der Waals surface area contributed by atoms with E-state index in [4.69, 9.17) is 4.52 Å². The fourth-order valence-electron chi connectivity index (χ4n) is 3.80. The number of likely N-dealkylation sites (tertiary alicyclic amines) is 1. The van der Waals surface area contributed by atoms with Crippen molar-refractivity contribution in [2.45, 2.75) is 64.3 Å². The molecule has 1 aromatic rings. The first-order valence-corrected chi connectivity index (χ1v) is 11.7. The molecule has 28 heavy (non-hydrogen) atoms. The van der Waals surface area contributed by atoms with Gasteiger partial charge in [-0.3, -0.25) is 9.59 Å². The summed E-state index contributed by atoms with van der Waals surface area (Å²) in [5.41, 5.74) is -0.218. The normalized spacial score (nSPS) is 24.9. The number of nitrogens with one attached hydrogen (secondary N) is 1. The highest BCUT2D eigenvalue weighted by Gasteiger charge is 2.36. The third-order valence-corrected chi connectivity index (χ3v) is 7.25. The molecular weight excluding hydrogens is 382 g/mol. The molecule has 0 aromatic carbocycles. The van der Waals surface area contributed by atoms with Gasteiger partial charge in [0.05, 0.1) is 11.5 Å². The molecule has 2 amide bonds. The first kappa shape index (κ1) is 20.8. The molecule has 0 aliphatic carbocycles. The second-order valence-corrected chi connectivity index (χ2v) is 11.1. The third-order valence-electron chi connectivity index (χ3n) is 5.42. The monoisotopic (exact) mass is 411 g/mol. The van der Waals surface area contributed by atoms with E-state index in [2.05, 4.69) is 10.5 Å². The van der Waals surface area contributed by atoms with E-state index >= 15 is 0 Å². The highest BCUT2D eigenvalue weighted by Crippen LogP contribution is 2.27. The molecule has 0 spiro atoms. The van der Waals surface area contributed by atoms with E-state index in [0.29, 0.717) is 31.0 Å². The minimum atomic E-state index is -3.02. The van der Waals surface area contributed by atoms with E-state index in [1.54, 1.807) is 11.0 Å². The van der Waals surface area contributed by atoms with E-state index in [1.807, 2.05) is 20.8 Å². The first-order chi connectivity index (χ1) is 13.0. The van der Waals surface area contributed by atoms with Crippen LogP contribution in [0.4, 0.5) is 5.82 Å². The molecule has 8 nitrogen and oxygen atoms in total. The van der Waals surface area contributed by atoms with E-state index in [0.717, 1.165) is 12.8 Å². The van der Waals surface area contributed by atoms with Gasteiger partial charge in [-0.15, -0.1) is 0 Å². The largest absolute Gasteiger partial charge is 0.359 e. The lowest BCUT2D eigenvalue weighted by atomic mass is 9.93. The van der Waals surface area contributed by atoms with Crippen LogP contribution in [0.5, 0.6) is 0 Å². The Balaban J connectivity index is 1.64. The predicted molar refractivity (Wildman–Crippen MR) is 105 cm³/mol. The molecule has 0 radical (unpaired) electrons. The van der Waals surface area contributed by atoms with Crippen molar-refractivity contribution < 1.29 is 22.5 Å². The van der Waals surface area contributed by atoms with Crippen molar-refractivity contribution in [3.8, 4) is 0 Å². The van der Waals surface area contributed by atoms with Gasteiger partial charge in [-0.05, 0) is 31.6 Å². The van der Waals surface area contributed by atoms with Crippen molar-refractivity contribution in [3.63, 3.8) is 0 Å². The summed E-state index contributed by atoms with van der Waals surface area (Å²) in [6, 6.07) is 1.14. The number of hydrogen-bond donors (Lipinski definition) is 1. The van der Waals surface area contributed by atoms with Crippen LogP contribution in [-0.2, 0) is 24.8 Å². The van der Waals surface area contributed by atoms with Gasteiger partial charge in [0.1, 0.15) is 11.8 Å². The van der Waals surface area contributed by atoms with Crippen molar-refractivity contribution in [2.24, 2.45) is 5.92 Å². The van der Waals surface area contributed by atoms with Gasteiger partial charge < -0.3 is 14.7 Å². The van der Waals surface area contributed by atoms with Crippen molar-refractivity contribution in [3.05, 3.63) is 11.8 Å². The Morgan fingerprint density at radius 2 is 2.04 bits per heavy atom. The summed E-state index contributed by atoms with van der Waals surface area (Å²) < 4.78 is 28.6. The smallest absolute Gasteiger partial charge is 0.248 e. The highest BCUT2D eigenvalue weighted by atomic mass is 32.2. The molecule has 156 valence electrons. The van der Waals surface area contributed by atoms with Gasteiger partial charge in [0, 0.05) is 24.4 Å². The number of carbonyl (C=O) groups excluding carboxylic acids is 2. The van der Waals surface area contributed by atoms with Crippen LogP contribution < -0.4 is 5.32 Å². The molecule has 1 N–H and O–H groups in total. The molecule has 2 aliphatic heterocycles. The molecule has 2 fully saturated rings. The minimum absolute atomic E-state index is 0.0674.